The number of hydrogen-bond donors (Lipinski definition) is 3. The van der Waals surface area contributed by atoms with Crippen LogP contribution >= 0.6 is 11.6 Å². The first-order valence-electron chi connectivity index (χ1n) is 8.62. The maximum absolute atomic E-state index is 13.8. The number of carbonyl (C=O) groups is 3. The van der Waals surface area contributed by atoms with Gasteiger partial charge in [0.2, 0.25) is 11.8 Å². The molecule has 2 aromatic carbocycles. The van der Waals surface area contributed by atoms with Crippen LogP contribution in [0.1, 0.15) is 31.1 Å². The van der Waals surface area contributed by atoms with Crippen LogP contribution in [0.15, 0.2) is 42.5 Å². The molecule has 0 aliphatic heterocycles. The fourth-order valence-electron chi connectivity index (χ4n) is 2.51. The second kappa shape index (κ2) is 9.32. The van der Waals surface area contributed by atoms with Gasteiger partial charge in [-0.1, -0.05) is 37.6 Å². The highest BCUT2D eigenvalue weighted by Gasteiger charge is 2.25. The summed E-state index contributed by atoms with van der Waals surface area (Å²) in [5.74, 6) is -2.23. The van der Waals surface area contributed by atoms with Crippen molar-refractivity contribution in [1.29, 1.82) is 0 Å². The standard InChI is InChI=1S/C20H21ClFN3O3/c1-11(2)18(25-19(27)14-6-4-5-7-15(14)21)20(28)24-13-8-9-16(22)17(10-13)23-12(3)26/h4-11,18H,1-3H3,(H,23,26)(H,24,28)(H,25,27). The van der Waals surface area contributed by atoms with Gasteiger partial charge < -0.3 is 16.0 Å². The summed E-state index contributed by atoms with van der Waals surface area (Å²) in [4.78, 5) is 36.3. The van der Waals surface area contributed by atoms with E-state index in [1.807, 2.05) is 0 Å². The highest BCUT2D eigenvalue weighted by Crippen LogP contribution is 2.21. The quantitative estimate of drug-likeness (QED) is 0.682. The zero-order chi connectivity index (χ0) is 20.8. The molecular weight excluding hydrogens is 385 g/mol. The molecule has 8 heteroatoms. The zero-order valence-corrected chi connectivity index (χ0v) is 16.4. The minimum atomic E-state index is -0.849. The van der Waals surface area contributed by atoms with Gasteiger partial charge in [-0.3, -0.25) is 14.4 Å². The molecule has 2 aromatic rings. The van der Waals surface area contributed by atoms with E-state index in [-0.39, 0.29) is 27.9 Å². The van der Waals surface area contributed by atoms with Gasteiger partial charge in [0.05, 0.1) is 16.3 Å². The van der Waals surface area contributed by atoms with Crippen LogP contribution in [0.5, 0.6) is 0 Å². The number of hydrogen-bond acceptors (Lipinski definition) is 3. The molecule has 1 atom stereocenters. The Kier molecular flexibility index (Phi) is 7.12. The molecule has 3 amide bonds. The Morgan fingerprint density at radius 3 is 2.32 bits per heavy atom. The lowest BCUT2D eigenvalue weighted by molar-refractivity contribution is -0.119. The van der Waals surface area contributed by atoms with Crippen molar-refractivity contribution in [2.24, 2.45) is 5.92 Å². The third-order valence-corrected chi connectivity index (χ3v) is 4.23. The van der Waals surface area contributed by atoms with E-state index in [9.17, 15) is 18.8 Å². The Balaban J connectivity index is 2.16. The molecule has 0 bridgehead atoms. The van der Waals surface area contributed by atoms with Crippen molar-refractivity contribution in [2.75, 3.05) is 10.6 Å². The lowest BCUT2D eigenvalue weighted by Crippen LogP contribution is -2.47. The summed E-state index contributed by atoms with van der Waals surface area (Å²) in [7, 11) is 0. The number of amides is 3. The first kappa shape index (κ1) is 21.4. The molecule has 0 spiro atoms. The highest BCUT2D eigenvalue weighted by atomic mass is 35.5. The van der Waals surface area contributed by atoms with Gasteiger partial charge >= 0.3 is 0 Å². The Morgan fingerprint density at radius 2 is 1.71 bits per heavy atom. The lowest BCUT2D eigenvalue weighted by atomic mass is 10.0. The first-order chi connectivity index (χ1) is 13.2. The molecule has 28 heavy (non-hydrogen) atoms. The molecule has 0 heterocycles. The van der Waals surface area contributed by atoms with E-state index in [1.165, 1.54) is 19.1 Å². The number of rotatable bonds is 6. The van der Waals surface area contributed by atoms with Gasteiger partial charge in [-0.25, -0.2) is 4.39 Å². The van der Waals surface area contributed by atoms with Crippen LogP contribution in [0, 0.1) is 11.7 Å². The SMILES string of the molecule is CC(=O)Nc1cc(NC(=O)C(NC(=O)c2ccccc2Cl)C(C)C)ccc1F. The van der Waals surface area contributed by atoms with E-state index in [1.54, 1.807) is 38.1 Å². The van der Waals surface area contributed by atoms with Crippen LogP contribution < -0.4 is 16.0 Å². The molecule has 3 N–H and O–H groups in total. The van der Waals surface area contributed by atoms with Crippen molar-refractivity contribution >= 4 is 40.7 Å². The molecule has 148 valence electrons. The number of carbonyl (C=O) groups excluding carboxylic acids is 3. The van der Waals surface area contributed by atoms with E-state index < -0.39 is 29.6 Å². The Morgan fingerprint density at radius 1 is 1.04 bits per heavy atom. The monoisotopic (exact) mass is 405 g/mol. The predicted octanol–water partition coefficient (Wildman–Crippen LogP) is 3.83. The zero-order valence-electron chi connectivity index (χ0n) is 15.7. The van der Waals surface area contributed by atoms with Crippen molar-refractivity contribution < 1.29 is 18.8 Å². The van der Waals surface area contributed by atoms with Crippen molar-refractivity contribution in [2.45, 2.75) is 26.8 Å². The van der Waals surface area contributed by atoms with Gasteiger partial charge in [0, 0.05) is 12.6 Å². The van der Waals surface area contributed by atoms with E-state index in [4.69, 9.17) is 11.6 Å². The Hall–Kier alpha value is -2.93. The smallest absolute Gasteiger partial charge is 0.253 e. The van der Waals surface area contributed by atoms with Crippen molar-refractivity contribution in [3.05, 3.63) is 58.9 Å². The van der Waals surface area contributed by atoms with Crippen LogP contribution in [0.25, 0.3) is 0 Å². The van der Waals surface area contributed by atoms with Crippen molar-refractivity contribution in [3.8, 4) is 0 Å². The number of anilines is 2. The molecule has 0 saturated heterocycles. The summed E-state index contributed by atoms with van der Waals surface area (Å²) in [5.41, 5.74) is 0.497. The molecule has 0 saturated carbocycles. The number of nitrogens with one attached hydrogen (secondary N) is 3. The maximum Gasteiger partial charge on any atom is 0.253 e. The third kappa shape index (κ3) is 5.53. The Labute approximate surface area is 167 Å². The van der Waals surface area contributed by atoms with Crippen LogP contribution in [-0.4, -0.2) is 23.8 Å². The van der Waals surface area contributed by atoms with E-state index in [0.717, 1.165) is 6.07 Å². The maximum atomic E-state index is 13.8. The van der Waals surface area contributed by atoms with Gasteiger partial charge in [0.25, 0.3) is 5.91 Å². The van der Waals surface area contributed by atoms with Crippen LogP contribution in [-0.2, 0) is 9.59 Å². The molecule has 0 aromatic heterocycles. The first-order valence-corrected chi connectivity index (χ1v) is 9.00. The molecule has 6 nitrogen and oxygen atoms in total. The highest BCUT2D eigenvalue weighted by molar-refractivity contribution is 6.33. The molecule has 0 aliphatic rings. The Bertz CT molecular complexity index is 902. The van der Waals surface area contributed by atoms with Crippen molar-refractivity contribution in [3.63, 3.8) is 0 Å². The molecule has 0 aliphatic carbocycles. The van der Waals surface area contributed by atoms with E-state index in [2.05, 4.69) is 16.0 Å². The topological polar surface area (TPSA) is 87.3 Å². The minimum Gasteiger partial charge on any atom is -0.340 e. The average molecular weight is 406 g/mol. The summed E-state index contributed by atoms with van der Waals surface area (Å²) >= 11 is 6.03. The molecule has 0 fully saturated rings. The van der Waals surface area contributed by atoms with Gasteiger partial charge in [-0.15, -0.1) is 0 Å². The summed E-state index contributed by atoms with van der Waals surface area (Å²) in [5, 5.41) is 7.93. The van der Waals surface area contributed by atoms with Gasteiger partial charge in [-0.2, -0.15) is 0 Å². The second-order valence-corrected chi connectivity index (χ2v) is 6.95. The summed E-state index contributed by atoms with van der Waals surface area (Å²) in [6.07, 6.45) is 0. The minimum absolute atomic E-state index is 0.0495. The number of halogens is 2. The molecular formula is C20H21ClFN3O3. The predicted molar refractivity (Wildman–Crippen MR) is 107 cm³/mol. The van der Waals surface area contributed by atoms with Crippen LogP contribution in [0.4, 0.5) is 15.8 Å². The second-order valence-electron chi connectivity index (χ2n) is 6.54. The fourth-order valence-corrected chi connectivity index (χ4v) is 2.73. The summed E-state index contributed by atoms with van der Waals surface area (Å²) in [6, 6.07) is 9.48. The normalized spacial score (nSPS) is 11.6. The van der Waals surface area contributed by atoms with Crippen LogP contribution in [0.2, 0.25) is 5.02 Å². The lowest BCUT2D eigenvalue weighted by Gasteiger charge is -2.22. The van der Waals surface area contributed by atoms with Crippen LogP contribution in [0.3, 0.4) is 0 Å². The molecule has 2 rings (SSSR count). The average Bonchev–Trinajstić information content (AvgIpc) is 2.61. The van der Waals surface area contributed by atoms with Crippen molar-refractivity contribution in [1.82, 2.24) is 5.32 Å². The summed E-state index contributed by atoms with van der Waals surface area (Å²) < 4.78 is 13.8. The third-order valence-electron chi connectivity index (χ3n) is 3.90. The molecule has 0 radical (unpaired) electrons. The molecule has 1 unspecified atom stereocenters. The largest absolute Gasteiger partial charge is 0.340 e. The summed E-state index contributed by atoms with van der Waals surface area (Å²) in [6.45, 7) is 4.82. The van der Waals surface area contributed by atoms with E-state index in [0.29, 0.717) is 0 Å². The van der Waals surface area contributed by atoms with Gasteiger partial charge in [-0.05, 0) is 36.2 Å². The van der Waals surface area contributed by atoms with Gasteiger partial charge in [0.15, 0.2) is 0 Å². The fraction of sp³-hybridized carbons (Fsp3) is 0.250. The van der Waals surface area contributed by atoms with Gasteiger partial charge in [0.1, 0.15) is 11.9 Å². The van der Waals surface area contributed by atoms with E-state index >= 15 is 0 Å². The number of benzene rings is 2.